The highest BCUT2D eigenvalue weighted by Crippen LogP contribution is 2.27. The molecule has 0 atom stereocenters. The zero-order chi connectivity index (χ0) is 10.1. The van der Waals surface area contributed by atoms with Gasteiger partial charge < -0.3 is 4.74 Å². The normalized spacial score (nSPS) is 10.5. The number of ether oxygens (including phenoxy) is 1. The SMILES string of the molecule is COc1cc(F)cc2c(F)nccc12. The maximum atomic E-state index is 13.1. The first-order chi connectivity index (χ1) is 6.72. The minimum absolute atomic E-state index is 0.129. The van der Waals surface area contributed by atoms with Crippen LogP contribution in [0.25, 0.3) is 10.8 Å². The smallest absolute Gasteiger partial charge is 0.220 e. The molecular weight excluding hydrogens is 188 g/mol. The topological polar surface area (TPSA) is 22.1 Å². The summed E-state index contributed by atoms with van der Waals surface area (Å²) in [7, 11) is 1.41. The molecule has 0 saturated carbocycles. The van der Waals surface area contributed by atoms with Crippen LogP contribution in [0.1, 0.15) is 0 Å². The fourth-order valence-corrected chi connectivity index (χ4v) is 1.35. The van der Waals surface area contributed by atoms with Gasteiger partial charge in [0.15, 0.2) is 0 Å². The Bertz CT molecular complexity index is 485. The van der Waals surface area contributed by atoms with E-state index in [1.54, 1.807) is 6.07 Å². The highest BCUT2D eigenvalue weighted by molar-refractivity contribution is 5.88. The third kappa shape index (κ3) is 1.28. The fraction of sp³-hybridized carbons (Fsp3) is 0.100. The monoisotopic (exact) mass is 195 g/mol. The Morgan fingerprint density at radius 2 is 2.00 bits per heavy atom. The predicted molar refractivity (Wildman–Crippen MR) is 48.2 cm³/mol. The number of benzene rings is 1. The van der Waals surface area contributed by atoms with E-state index in [1.165, 1.54) is 19.4 Å². The number of aromatic nitrogens is 1. The van der Waals surface area contributed by atoms with Crippen molar-refractivity contribution in [1.82, 2.24) is 4.98 Å². The molecule has 1 heterocycles. The first-order valence-electron chi connectivity index (χ1n) is 4.00. The fourth-order valence-electron chi connectivity index (χ4n) is 1.35. The van der Waals surface area contributed by atoms with Crippen molar-refractivity contribution in [3.63, 3.8) is 0 Å². The second kappa shape index (κ2) is 3.21. The summed E-state index contributed by atoms with van der Waals surface area (Å²) in [6.07, 6.45) is 1.32. The molecule has 0 spiro atoms. The molecule has 2 nitrogen and oxygen atoms in total. The summed E-state index contributed by atoms with van der Waals surface area (Å²) >= 11 is 0. The van der Waals surface area contributed by atoms with Gasteiger partial charge in [-0.05, 0) is 12.1 Å². The standard InChI is InChI=1S/C10H7F2NO/c1-14-9-5-6(11)4-8-7(9)2-3-13-10(8)12/h2-5H,1H3. The Morgan fingerprint density at radius 1 is 1.21 bits per heavy atom. The van der Waals surface area contributed by atoms with E-state index in [1.807, 2.05) is 0 Å². The molecule has 2 rings (SSSR count). The van der Waals surface area contributed by atoms with E-state index in [9.17, 15) is 8.78 Å². The van der Waals surface area contributed by atoms with E-state index in [0.717, 1.165) is 6.07 Å². The predicted octanol–water partition coefficient (Wildman–Crippen LogP) is 2.52. The first kappa shape index (κ1) is 8.87. The summed E-state index contributed by atoms with van der Waals surface area (Å²) < 4.78 is 31.1. The van der Waals surface area contributed by atoms with Crippen molar-refractivity contribution in [2.24, 2.45) is 0 Å². The van der Waals surface area contributed by atoms with Crippen LogP contribution in [0, 0.1) is 11.8 Å². The van der Waals surface area contributed by atoms with Gasteiger partial charge in [-0.25, -0.2) is 9.37 Å². The van der Waals surface area contributed by atoms with Crippen LogP contribution in [0.3, 0.4) is 0 Å². The first-order valence-corrected chi connectivity index (χ1v) is 4.00. The van der Waals surface area contributed by atoms with E-state index < -0.39 is 11.8 Å². The van der Waals surface area contributed by atoms with Crippen LogP contribution in [0.15, 0.2) is 24.4 Å². The molecule has 0 aliphatic rings. The quantitative estimate of drug-likeness (QED) is 0.652. The third-order valence-corrected chi connectivity index (χ3v) is 1.98. The van der Waals surface area contributed by atoms with Gasteiger partial charge in [0.1, 0.15) is 11.6 Å². The highest BCUT2D eigenvalue weighted by Gasteiger charge is 2.08. The lowest BCUT2D eigenvalue weighted by atomic mass is 10.1. The van der Waals surface area contributed by atoms with Crippen LogP contribution in [-0.4, -0.2) is 12.1 Å². The van der Waals surface area contributed by atoms with Gasteiger partial charge >= 0.3 is 0 Å². The molecular formula is C10H7F2NO. The molecule has 0 bridgehead atoms. The minimum Gasteiger partial charge on any atom is -0.496 e. The molecule has 0 aliphatic carbocycles. The molecule has 0 amide bonds. The molecule has 1 aromatic carbocycles. The Morgan fingerprint density at radius 3 is 2.71 bits per heavy atom. The van der Waals surface area contributed by atoms with Crippen molar-refractivity contribution in [3.05, 3.63) is 36.2 Å². The van der Waals surface area contributed by atoms with Gasteiger partial charge in [0.25, 0.3) is 0 Å². The molecule has 1 aromatic heterocycles. The van der Waals surface area contributed by atoms with Crippen LogP contribution in [0.5, 0.6) is 5.75 Å². The number of halogens is 2. The molecule has 4 heteroatoms. The van der Waals surface area contributed by atoms with E-state index in [0.29, 0.717) is 11.1 Å². The van der Waals surface area contributed by atoms with Crippen LogP contribution in [-0.2, 0) is 0 Å². The molecule has 2 aromatic rings. The van der Waals surface area contributed by atoms with Crippen molar-refractivity contribution in [2.45, 2.75) is 0 Å². The number of hydrogen-bond acceptors (Lipinski definition) is 2. The Labute approximate surface area is 79.1 Å². The number of nitrogens with zero attached hydrogens (tertiary/aromatic N) is 1. The van der Waals surface area contributed by atoms with Crippen molar-refractivity contribution in [3.8, 4) is 5.75 Å². The maximum Gasteiger partial charge on any atom is 0.220 e. The Hall–Kier alpha value is -1.71. The van der Waals surface area contributed by atoms with Gasteiger partial charge in [-0.3, -0.25) is 0 Å². The van der Waals surface area contributed by atoms with E-state index in [4.69, 9.17) is 4.74 Å². The lowest BCUT2D eigenvalue weighted by Gasteiger charge is -2.05. The largest absolute Gasteiger partial charge is 0.496 e. The maximum absolute atomic E-state index is 13.1. The van der Waals surface area contributed by atoms with E-state index in [-0.39, 0.29) is 5.39 Å². The molecule has 0 radical (unpaired) electrons. The number of fused-ring (bicyclic) bond motifs is 1. The molecule has 0 unspecified atom stereocenters. The van der Waals surface area contributed by atoms with E-state index >= 15 is 0 Å². The number of methoxy groups -OCH3 is 1. The van der Waals surface area contributed by atoms with Crippen molar-refractivity contribution in [1.29, 1.82) is 0 Å². The summed E-state index contributed by atoms with van der Waals surface area (Å²) in [6, 6.07) is 3.89. The van der Waals surface area contributed by atoms with Gasteiger partial charge in [-0.1, -0.05) is 0 Å². The summed E-state index contributed by atoms with van der Waals surface area (Å²) in [6.45, 7) is 0. The average Bonchev–Trinajstić information content (AvgIpc) is 2.18. The molecule has 72 valence electrons. The molecule has 14 heavy (non-hydrogen) atoms. The zero-order valence-electron chi connectivity index (χ0n) is 7.42. The minimum atomic E-state index is -0.694. The number of rotatable bonds is 1. The summed E-state index contributed by atoms with van der Waals surface area (Å²) in [5, 5.41) is 0.644. The second-order valence-electron chi connectivity index (χ2n) is 2.80. The van der Waals surface area contributed by atoms with Gasteiger partial charge in [-0.2, -0.15) is 4.39 Å². The zero-order valence-corrected chi connectivity index (χ0v) is 7.42. The van der Waals surface area contributed by atoms with Crippen molar-refractivity contribution in [2.75, 3.05) is 7.11 Å². The lowest BCUT2D eigenvalue weighted by Crippen LogP contribution is -1.90. The Kier molecular flexibility index (Phi) is 2.04. The van der Waals surface area contributed by atoms with Crippen molar-refractivity contribution < 1.29 is 13.5 Å². The van der Waals surface area contributed by atoms with Crippen LogP contribution in [0.2, 0.25) is 0 Å². The number of pyridine rings is 1. The second-order valence-corrected chi connectivity index (χ2v) is 2.80. The Balaban J connectivity index is 2.87. The van der Waals surface area contributed by atoms with Crippen LogP contribution in [0.4, 0.5) is 8.78 Å². The van der Waals surface area contributed by atoms with Gasteiger partial charge in [-0.15, -0.1) is 0 Å². The van der Waals surface area contributed by atoms with Gasteiger partial charge in [0.2, 0.25) is 5.95 Å². The third-order valence-electron chi connectivity index (χ3n) is 1.98. The van der Waals surface area contributed by atoms with Gasteiger partial charge in [0.05, 0.1) is 7.11 Å². The average molecular weight is 195 g/mol. The van der Waals surface area contributed by atoms with Crippen molar-refractivity contribution >= 4 is 10.8 Å². The van der Waals surface area contributed by atoms with Crippen LogP contribution >= 0.6 is 0 Å². The summed E-state index contributed by atoms with van der Waals surface area (Å²) in [5.74, 6) is -0.928. The lowest BCUT2D eigenvalue weighted by molar-refractivity contribution is 0.416. The van der Waals surface area contributed by atoms with Crippen LogP contribution < -0.4 is 4.74 Å². The highest BCUT2D eigenvalue weighted by atomic mass is 19.1. The molecule has 0 N–H and O–H groups in total. The molecule has 0 fully saturated rings. The summed E-state index contributed by atoms with van der Waals surface area (Å²) in [5.41, 5.74) is 0. The molecule has 0 aliphatic heterocycles. The number of hydrogen-bond donors (Lipinski definition) is 0. The van der Waals surface area contributed by atoms with Gasteiger partial charge in [0, 0.05) is 23.0 Å². The molecule has 0 saturated heterocycles. The summed E-state index contributed by atoms with van der Waals surface area (Å²) in [4.78, 5) is 3.43. The van der Waals surface area contributed by atoms with E-state index in [2.05, 4.69) is 4.98 Å².